The minimum atomic E-state index is -0.713. The van der Waals surface area contributed by atoms with Crippen molar-refractivity contribution in [3.8, 4) is 0 Å². The SMILES string of the molecule is CC=C=COCC(=O)C1C(=O)CC2C3CCC4=CC(=O)CC[C@]4(C)C3[C@@H](O)C[C@]12C. The summed E-state index contributed by atoms with van der Waals surface area (Å²) in [5, 5.41) is 11.3. The lowest BCUT2D eigenvalue weighted by Crippen LogP contribution is -2.57. The van der Waals surface area contributed by atoms with Gasteiger partial charge in [0.05, 0.1) is 12.0 Å². The predicted molar refractivity (Wildman–Crippen MR) is 111 cm³/mol. The largest absolute Gasteiger partial charge is 0.485 e. The third-order valence-electron chi connectivity index (χ3n) is 8.60. The number of hydrogen-bond acceptors (Lipinski definition) is 5. The number of ether oxygens (including phenoxy) is 1. The Morgan fingerprint density at radius 2 is 2.10 bits per heavy atom. The predicted octanol–water partition coefficient (Wildman–Crippen LogP) is 3.56. The summed E-state index contributed by atoms with van der Waals surface area (Å²) in [6, 6.07) is 0. The van der Waals surface area contributed by atoms with Crippen molar-refractivity contribution in [1.29, 1.82) is 0 Å². The fourth-order valence-electron chi connectivity index (χ4n) is 7.36. The van der Waals surface area contributed by atoms with E-state index in [0.29, 0.717) is 19.3 Å². The van der Waals surface area contributed by atoms with Crippen molar-refractivity contribution in [2.45, 2.75) is 65.4 Å². The molecule has 0 saturated heterocycles. The van der Waals surface area contributed by atoms with Gasteiger partial charge in [0.1, 0.15) is 18.7 Å². The van der Waals surface area contributed by atoms with Crippen molar-refractivity contribution in [1.82, 2.24) is 0 Å². The molecule has 0 radical (unpaired) electrons. The molecule has 5 nitrogen and oxygen atoms in total. The van der Waals surface area contributed by atoms with Crippen molar-refractivity contribution < 1.29 is 24.2 Å². The van der Waals surface area contributed by atoms with Gasteiger partial charge in [-0.25, -0.2) is 0 Å². The lowest BCUT2D eigenvalue weighted by Gasteiger charge is -2.59. The quantitative estimate of drug-likeness (QED) is 0.434. The molecule has 4 rings (SSSR count). The van der Waals surface area contributed by atoms with E-state index in [1.807, 2.05) is 13.0 Å². The van der Waals surface area contributed by atoms with Crippen LogP contribution >= 0.6 is 0 Å². The van der Waals surface area contributed by atoms with E-state index in [1.165, 1.54) is 11.8 Å². The summed E-state index contributed by atoms with van der Waals surface area (Å²) in [5.41, 5.74) is 3.21. The Kier molecular flexibility index (Phi) is 5.40. The Bertz CT molecular complexity index is 863. The Morgan fingerprint density at radius 3 is 2.83 bits per heavy atom. The standard InChI is InChI=1S/C25H32O5/c1-4-5-10-30-14-21(29)23-19(27)12-18-17-7-6-15-11-16(26)8-9-24(15,2)22(17)20(28)13-25(18,23)3/h4,10-11,17-18,20,22-23,28H,6-9,12-14H2,1-3H3/t5?,17?,18?,20-,22?,23?,24-,25-/m0/s1. The number of rotatable bonds is 4. The first-order valence-electron chi connectivity index (χ1n) is 11.2. The van der Waals surface area contributed by atoms with E-state index in [1.54, 1.807) is 13.0 Å². The van der Waals surface area contributed by atoms with Crippen LogP contribution in [0.3, 0.4) is 0 Å². The maximum atomic E-state index is 13.0. The number of aliphatic hydroxyl groups excluding tert-OH is 1. The summed E-state index contributed by atoms with van der Waals surface area (Å²) >= 11 is 0. The second-order valence-electron chi connectivity index (χ2n) is 10.1. The molecule has 3 fully saturated rings. The molecule has 3 saturated carbocycles. The highest BCUT2D eigenvalue weighted by Crippen LogP contribution is 2.66. The molecular weight excluding hydrogens is 380 g/mol. The molecule has 0 bridgehead atoms. The molecule has 0 amide bonds. The van der Waals surface area contributed by atoms with Crippen LogP contribution in [0.25, 0.3) is 0 Å². The first-order valence-corrected chi connectivity index (χ1v) is 11.2. The van der Waals surface area contributed by atoms with Gasteiger partial charge in [-0.3, -0.25) is 14.4 Å². The van der Waals surface area contributed by atoms with Crippen LogP contribution in [-0.4, -0.2) is 35.2 Å². The number of ketones is 3. The monoisotopic (exact) mass is 412 g/mol. The van der Waals surface area contributed by atoms with Gasteiger partial charge in [0.25, 0.3) is 0 Å². The number of fused-ring (bicyclic) bond motifs is 5. The molecule has 0 aliphatic heterocycles. The van der Waals surface area contributed by atoms with Crippen LogP contribution in [0.2, 0.25) is 0 Å². The fourth-order valence-corrected chi connectivity index (χ4v) is 7.36. The van der Waals surface area contributed by atoms with E-state index >= 15 is 0 Å². The normalized spacial score (nSPS) is 42.3. The second kappa shape index (κ2) is 7.62. The highest BCUT2D eigenvalue weighted by molar-refractivity contribution is 6.05. The Balaban J connectivity index is 1.62. The van der Waals surface area contributed by atoms with Gasteiger partial charge in [0.2, 0.25) is 0 Å². The molecule has 7 atom stereocenters. The topological polar surface area (TPSA) is 80.7 Å². The molecule has 0 spiro atoms. The van der Waals surface area contributed by atoms with Gasteiger partial charge in [-0.05, 0) is 73.3 Å². The van der Waals surface area contributed by atoms with Gasteiger partial charge in [-0.15, -0.1) is 0 Å². The van der Waals surface area contributed by atoms with Gasteiger partial charge >= 0.3 is 0 Å². The van der Waals surface area contributed by atoms with Crippen LogP contribution in [0, 0.1) is 34.5 Å². The Morgan fingerprint density at radius 1 is 1.33 bits per heavy atom. The molecule has 4 aliphatic carbocycles. The molecule has 0 aromatic carbocycles. The lowest BCUT2D eigenvalue weighted by molar-refractivity contribution is -0.148. The number of hydrogen-bond donors (Lipinski definition) is 1. The minimum absolute atomic E-state index is 0.00993. The van der Waals surface area contributed by atoms with Crippen LogP contribution in [0.15, 0.2) is 29.7 Å². The number of aliphatic hydroxyl groups is 1. The molecule has 1 N–H and O–H groups in total. The van der Waals surface area contributed by atoms with Gasteiger partial charge in [0, 0.05) is 12.8 Å². The lowest BCUT2D eigenvalue weighted by atomic mass is 9.46. The summed E-state index contributed by atoms with van der Waals surface area (Å²) < 4.78 is 5.28. The summed E-state index contributed by atoms with van der Waals surface area (Å²) in [7, 11) is 0. The zero-order valence-electron chi connectivity index (χ0n) is 18.1. The molecule has 0 heterocycles. The second-order valence-corrected chi connectivity index (χ2v) is 10.1. The van der Waals surface area contributed by atoms with Gasteiger partial charge in [-0.2, -0.15) is 0 Å². The van der Waals surface area contributed by atoms with Crippen molar-refractivity contribution in [3.05, 3.63) is 29.7 Å². The van der Waals surface area contributed by atoms with Crippen molar-refractivity contribution in [2.75, 3.05) is 6.61 Å². The van der Waals surface area contributed by atoms with Gasteiger partial charge < -0.3 is 9.84 Å². The molecule has 4 aliphatic rings. The Hall–Kier alpha value is -1.97. The van der Waals surface area contributed by atoms with Crippen LogP contribution in [0.1, 0.15) is 59.3 Å². The molecule has 0 aromatic heterocycles. The van der Waals surface area contributed by atoms with E-state index in [-0.39, 0.29) is 47.1 Å². The maximum absolute atomic E-state index is 13.0. The molecule has 5 heteroatoms. The van der Waals surface area contributed by atoms with Crippen molar-refractivity contribution >= 4 is 17.3 Å². The number of carbonyl (C=O) groups is 3. The van der Waals surface area contributed by atoms with E-state index in [4.69, 9.17) is 4.74 Å². The third kappa shape index (κ3) is 3.14. The molecule has 0 aromatic rings. The summed E-state index contributed by atoms with van der Waals surface area (Å²) in [6.45, 7) is 5.87. The first-order chi connectivity index (χ1) is 14.2. The molecule has 162 valence electrons. The zero-order chi connectivity index (χ0) is 21.7. The van der Waals surface area contributed by atoms with E-state index < -0.39 is 17.4 Å². The van der Waals surface area contributed by atoms with Gasteiger partial charge in [0.15, 0.2) is 11.6 Å². The van der Waals surface area contributed by atoms with Crippen molar-refractivity contribution in [2.24, 2.45) is 34.5 Å². The van der Waals surface area contributed by atoms with Crippen LogP contribution in [-0.2, 0) is 19.1 Å². The van der Waals surface area contributed by atoms with E-state index in [9.17, 15) is 19.5 Å². The van der Waals surface area contributed by atoms with Crippen LogP contribution < -0.4 is 0 Å². The van der Waals surface area contributed by atoms with Crippen LogP contribution in [0.4, 0.5) is 0 Å². The fraction of sp³-hybridized carbons (Fsp3) is 0.680. The summed E-state index contributed by atoms with van der Waals surface area (Å²) in [6.07, 6.45) is 8.11. The maximum Gasteiger partial charge on any atom is 0.181 e. The number of carbonyl (C=O) groups excluding carboxylic acids is 3. The number of allylic oxidation sites excluding steroid dienone is 2. The van der Waals surface area contributed by atoms with E-state index in [0.717, 1.165) is 19.3 Å². The van der Waals surface area contributed by atoms with Crippen molar-refractivity contribution in [3.63, 3.8) is 0 Å². The summed E-state index contributed by atoms with van der Waals surface area (Å²) in [4.78, 5) is 37.9. The highest BCUT2D eigenvalue weighted by Gasteiger charge is 2.65. The highest BCUT2D eigenvalue weighted by atomic mass is 16.5. The van der Waals surface area contributed by atoms with Gasteiger partial charge in [-0.1, -0.05) is 25.2 Å². The van der Waals surface area contributed by atoms with E-state index in [2.05, 4.69) is 12.7 Å². The number of Topliss-reactive ketones (excluding diaryl/α,β-unsaturated/α-hetero) is 2. The molecule has 30 heavy (non-hydrogen) atoms. The average molecular weight is 413 g/mol. The zero-order valence-corrected chi connectivity index (χ0v) is 18.1. The Labute approximate surface area is 178 Å². The third-order valence-corrected chi connectivity index (χ3v) is 8.60. The summed E-state index contributed by atoms with van der Waals surface area (Å²) in [5.74, 6) is -0.409. The molecular formula is C25H32O5. The smallest absolute Gasteiger partial charge is 0.181 e. The molecule has 4 unspecified atom stereocenters. The van der Waals surface area contributed by atoms with Crippen LogP contribution in [0.5, 0.6) is 0 Å². The first kappa shape index (κ1) is 21.3. The minimum Gasteiger partial charge on any atom is -0.485 e. The average Bonchev–Trinajstić information content (AvgIpc) is 2.95.